The van der Waals surface area contributed by atoms with Gasteiger partial charge in [-0.1, -0.05) is 32.0 Å². The van der Waals surface area contributed by atoms with E-state index in [9.17, 15) is 4.79 Å². The molecule has 1 amide bonds. The highest BCUT2D eigenvalue weighted by molar-refractivity contribution is 7.80. The number of carbonyl (C=O) groups excluding carboxylic acids is 1. The molecule has 26 heavy (non-hydrogen) atoms. The van der Waals surface area contributed by atoms with E-state index in [1.165, 1.54) is 0 Å². The molecule has 0 aliphatic rings. The largest absolute Gasteiger partial charge is 0.332 e. The van der Waals surface area contributed by atoms with E-state index < -0.39 is 0 Å². The van der Waals surface area contributed by atoms with Gasteiger partial charge in [-0.3, -0.25) is 4.79 Å². The Hall–Kier alpha value is -2.80. The van der Waals surface area contributed by atoms with Crippen molar-refractivity contribution in [1.29, 1.82) is 0 Å². The number of benzene rings is 2. The van der Waals surface area contributed by atoms with Crippen LogP contribution in [0.2, 0.25) is 0 Å². The fourth-order valence-corrected chi connectivity index (χ4v) is 2.81. The molecule has 0 spiro atoms. The topological polar surface area (TPSA) is 71.8 Å². The summed E-state index contributed by atoms with van der Waals surface area (Å²) in [5, 5.41) is 15.1. The maximum Gasteiger partial charge on any atom is 0.226 e. The molecule has 3 aromatic rings. The summed E-state index contributed by atoms with van der Waals surface area (Å²) in [4.78, 5) is 13.5. The molecule has 0 aliphatic heterocycles. The van der Waals surface area contributed by atoms with Gasteiger partial charge >= 0.3 is 0 Å². The van der Waals surface area contributed by atoms with E-state index in [4.69, 9.17) is 12.2 Å². The molecule has 7 heteroatoms. The normalized spacial score (nSPS) is 10.9. The van der Waals surface area contributed by atoms with Crippen molar-refractivity contribution in [3.05, 3.63) is 48.0 Å². The number of nitrogens with one attached hydrogen (secondary N) is 2. The smallest absolute Gasteiger partial charge is 0.226 e. The van der Waals surface area contributed by atoms with Crippen LogP contribution in [0.4, 0.5) is 5.69 Å². The third-order valence-corrected chi connectivity index (χ3v) is 4.01. The molecule has 0 aliphatic carbocycles. The molecule has 6 nitrogen and oxygen atoms in total. The van der Waals surface area contributed by atoms with E-state index in [0.29, 0.717) is 6.42 Å². The summed E-state index contributed by atoms with van der Waals surface area (Å²) in [6.07, 6.45) is 0.436. The molecule has 0 fully saturated rings. The lowest BCUT2D eigenvalue weighted by atomic mass is 10.1. The number of nitrogens with zero attached hydrogens (tertiary/aromatic N) is 3. The van der Waals surface area contributed by atoms with Crippen LogP contribution in [0.1, 0.15) is 25.8 Å². The zero-order valence-corrected chi connectivity index (χ0v) is 15.8. The Morgan fingerprint density at radius 3 is 2.46 bits per heavy atom. The van der Waals surface area contributed by atoms with Crippen molar-refractivity contribution in [3.63, 3.8) is 0 Å². The van der Waals surface area contributed by atoms with Gasteiger partial charge in [0.1, 0.15) is 11.0 Å². The summed E-state index contributed by atoms with van der Waals surface area (Å²) in [6.45, 7) is 5.94. The number of aryl methyl sites for hydroxylation is 1. The van der Waals surface area contributed by atoms with Crippen molar-refractivity contribution in [2.45, 2.75) is 27.2 Å². The van der Waals surface area contributed by atoms with E-state index in [1.54, 1.807) is 4.80 Å². The highest BCUT2D eigenvalue weighted by Crippen LogP contribution is 2.22. The summed E-state index contributed by atoms with van der Waals surface area (Å²) >= 11 is 5.24. The van der Waals surface area contributed by atoms with Crippen LogP contribution in [-0.2, 0) is 4.79 Å². The number of aromatic nitrogens is 3. The Morgan fingerprint density at radius 1 is 1.15 bits per heavy atom. The maximum absolute atomic E-state index is 11.8. The molecule has 1 heterocycles. The first-order valence-electron chi connectivity index (χ1n) is 8.46. The monoisotopic (exact) mass is 367 g/mol. The summed E-state index contributed by atoms with van der Waals surface area (Å²) in [7, 11) is 0. The predicted molar refractivity (Wildman–Crippen MR) is 107 cm³/mol. The predicted octanol–water partition coefficient (Wildman–Crippen LogP) is 3.59. The summed E-state index contributed by atoms with van der Waals surface area (Å²) < 4.78 is 0. The zero-order chi connectivity index (χ0) is 18.7. The number of amides is 1. The second-order valence-electron chi connectivity index (χ2n) is 6.58. The van der Waals surface area contributed by atoms with Crippen molar-refractivity contribution in [1.82, 2.24) is 20.3 Å². The minimum absolute atomic E-state index is 0.0914. The van der Waals surface area contributed by atoms with Crippen LogP contribution in [-0.4, -0.2) is 26.0 Å². The van der Waals surface area contributed by atoms with Crippen LogP contribution < -0.4 is 10.6 Å². The van der Waals surface area contributed by atoms with Crippen LogP contribution in [0.15, 0.2) is 42.5 Å². The Morgan fingerprint density at radius 2 is 1.81 bits per heavy atom. The van der Waals surface area contributed by atoms with Crippen molar-refractivity contribution in [2.75, 3.05) is 5.32 Å². The molecule has 134 valence electrons. The molecule has 0 bridgehead atoms. The van der Waals surface area contributed by atoms with Crippen molar-refractivity contribution >= 4 is 40.0 Å². The van der Waals surface area contributed by atoms with Crippen LogP contribution in [0.25, 0.3) is 16.7 Å². The average Bonchev–Trinajstić information content (AvgIpc) is 2.97. The van der Waals surface area contributed by atoms with Gasteiger partial charge in [0.2, 0.25) is 5.91 Å². The molecule has 0 saturated heterocycles. The Bertz CT molecular complexity index is 949. The number of hydrogen-bond acceptors (Lipinski definition) is 4. The van der Waals surface area contributed by atoms with Gasteiger partial charge < -0.3 is 10.6 Å². The molecule has 0 radical (unpaired) electrons. The second kappa shape index (κ2) is 7.61. The highest BCUT2D eigenvalue weighted by Gasteiger charge is 2.11. The number of anilines is 1. The molecule has 0 unspecified atom stereocenters. The first-order valence-corrected chi connectivity index (χ1v) is 8.87. The second-order valence-corrected chi connectivity index (χ2v) is 6.99. The van der Waals surface area contributed by atoms with Crippen LogP contribution in [0.3, 0.4) is 0 Å². The lowest BCUT2D eigenvalue weighted by molar-refractivity contribution is -0.120. The fraction of sp³-hybridized carbons (Fsp3) is 0.263. The Labute approximate surface area is 157 Å². The van der Waals surface area contributed by atoms with E-state index in [2.05, 4.69) is 20.8 Å². The number of thiocarbonyl (C=S) groups is 1. The summed E-state index contributed by atoms with van der Waals surface area (Å²) in [5.74, 6) is 0.190. The van der Waals surface area contributed by atoms with Crippen molar-refractivity contribution < 1.29 is 4.79 Å². The lowest BCUT2D eigenvalue weighted by Crippen LogP contribution is -2.34. The lowest BCUT2D eigenvalue weighted by Gasteiger charge is -2.12. The third kappa shape index (κ3) is 4.23. The molecular weight excluding hydrogens is 346 g/mol. The standard InChI is InChI=1S/C19H21N5OS/c1-12(2)9-18(25)21-19(26)20-15-11-17-16(10-13(15)3)22-24(23-17)14-7-5-4-6-8-14/h4-8,10-12H,9H2,1-3H3,(H2,20,21,25,26). The molecule has 3 rings (SSSR count). The first-order chi connectivity index (χ1) is 12.4. The number of para-hydroxylation sites is 1. The van der Waals surface area contributed by atoms with Gasteiger partial charge in [0, 0.05) is 12.1 Å². The van der Waals surface area contributed by atoms with Gasteiger partial charge in [-0.25, -0.2) is 0 Å². The highest BCUT2D eigenvalue weighted by atomic mass is 32.1. The van der Waals surface area contributed by atoms with Crippen LogP contribution >= 0.6 is 12.2 Å². The quantitative estimate of drug-likeness (QED) is 0.690. The van der Waals surface area contributed by atoms with E-state index in [1.807, 2.05) is 63.2 Å². The number of hydrogen-bond donors (Lipinski definition) is 2. The first kappa shape index (κ1) is 18.0. The molecule has 2 aromatic carbocycles. The maximum atomic E-state index is 11.8. The average molecular weight is 367 g/mol. The SMILES string of the molecule is Cc1cc2nn(-c3ccccc3)nc2cc1NC(=S)NC(=O)CC(C)C. The fourth-order valence-electron chi connectivity index (χ4n) is 2.58. The van der Waals surface area contributed by atoms with E-state index in [-0.39, 0.29) is 16.9 Å². The van der Waals surface area contributed by atoms with Gasteiger partial charge in [-0.05, 0) is 54.9 Å². The van der Waals surface area contributed by atoms with Gasteiger partial charge in [-0.2, -0.15) is 4.80 Å². The van der Waals surface area contributed by atoms with Gasteiger partial charge in [-0.15, -0.1) is 10.2 Å². The Balaban J connectivity index is 1.80. The molecule has 2 N–H and O–H groups in total. The Kier molecular flexibility index (Phi) is 5.27. The zero-order valence-electron chi connectivity index (χ0n) is 15.0. The minimum Gasteiger partial charge on any atom is -0.332 e. The van der Waals surface area contributed by atoms with Crippen LogP contribution in [0, 0.1) is 12.8 Å². The molecule has 1 aromatic heterocycles. The third-order valence-electron chi connectivity index (χ3n) is 3.81. The number of rotatable bonds is 4. The van der Waals surface area contributed by atoms with Gasteiger partial charge in [0.05, 0.1) is 5.69 Å². The molecule has 0 atom stereocenters. The summed E-state index contributed by atoms with van der Waals surface area (Å²) in [5.41, 5.74) is 4.21. The van der Waals surface area contributed by atoms with Crippen molar-refractivity contribution in [3.8, 4) is 5.69 Å². The van der Waals surface area contributed by atoms with Gasteiger partial charge in [0.15, 0.2) is 5.11 Å². The van der Waals surface area contributed by atoms with Crippen LogP contribution in [0.5, 0.6) is 0 Å². The molecule has 0 saturated carbocycles. The van der Waals surface area contributed by atoms with Gasteiger partial charge in [0.25, 0.3) is 0 Å². The van der Waals surface area contributed by atoms with Crippen molar-refractivity contribution in [2.24, 2.45) is 5.92 Å². The van der Waals surface area contributed by atoms with E-state index >= 15 is 0 Å². The van der Waals surface area contributed by atoms with E-state index in [0.717, 1.165) is 28.0 Å². The number of fused-ring (bicyclic) bond motifs is 1. The number of carbonyl (C=O) groups is 1. The molecular formula is C19H21N5OS. The summed E-state index contributed by atoms with van der Waals surface area (Å²) in [6, 6.07) is 13.6. The minimum atomic E-state index is -0.0914.